The Morgan fingerprint density at radius 1 is 1.42 bits per heavy atom. The Bertz CT molecular complexity index is 781. The van der Waals surface area contributed by atoms with E-state index in [4.69, 9.17) is 19.9 Å². The number of hydrogen-bond donors (Lipinski definition) is 3. The summed E-state index contributed by atoms with van der Waals surface area (Å²) in [6, 6.07) is 3.38. The van der Waals surface area contributed by atoms with E-state index < -0.39 is 30.6 Å². The van der Waals surface area contributed by atoms with Crippen LogP contribution in [0.25, 0.3) is 5.52 Å². The molecule has 1 fully saturated rings. The highest BCUT2D eigenvalue weighted by molar-refractivity contribution is 5.65. The van der Waals surface area contributed by atoms with Crippen molar-refractivity contribution < 1.29 is 29.2 Å². The first kappa shape index (κ1) is 18.4. The molecule has 0 bridgehead atoms. The number of anilines is 1. The molecule has 10 nitrogen and oxygen atoms in total. The van der Waals surface area contributed by atoms with E-state index in [1.54, 1.807) is 19.1 Å². The average molecular weight is 366 g/mol. The second kappa shape index (κ2) is 7.44. The Labute approximate surface area is 149 Å². The van der Waals surface area contributed by atoms with Crippen molar-refractivity contribution in [1.82, 2.24) is 14.6 Å². The molecule has 1 saturated heterocycles. The number of nitrogens with zero attached hydrogens (tertiary/aromatic N) is 3. The Morgan fingerprint density at radius 3 is 2.92 bits per heavy atom. The van der Waals surface area contributed by atoms with E-state index in [1.165, 1.54) is 10.8 Å². The zero-order valence-electron chi connectivity index (χ0n) is 14.5. The van der Waals surface area contributed by atoms with Crippen molar-refractivity contribution in [3.63, 3.8) is 0 Å². The van der Waals surface area contributed by atoms with Crippen LogP contribution in [0.3, 0.4) is 0 Å². The molecule has 2 aromatic heterocycles. The fourth-order valence-electron chi connectivity index (χ4n) is 2.75. The van der Waals surface area contributed by atoms with E-state index in [2.05, 4.69) is 10.1 Å². The van der Waals surface area contributed by atoms with Crippen LogP contribution in [0.1, 0.15) is 32.1 Å². The minimum atomic E-state index is -1.24. The van der Waals surface area contributed by atoms with Crippen LogP contribution in [0.4, 0.5) is 10.6 Å². The van der Waals surface area contributed by atoms with Crippen LogP contribution in [0.15, 0.2) is 18.5 Å². The van der Waals surface area contributed by atoms with Crippen molar-refractivity contribution in [2.75, 3.05) is 12.3 Å². The Morgan fingerprint density at radius 2 is 2.19 bits per heavy atom. The van der Waals surface area contributed by atoms with Crippen LogP contribution in [0.5, 0.6) is 0 Å². The van der Waals surface area contributed by atoms with Gasteiger partial charge in [-0.15, -0.1) is 0 Å². The van der Waals surface area contributed by atoms with Crippen LogP contribution in [-0.2, 0) is 14.2 Å². The largest absolute Gasteiger partial charge is 0.508 e. The smallest absolute Gasteiger partial charge is 0.431 e. The number of nitrogens with two attached hydrogens (primary N) is 1. The summed E-state index contributed by atoms with van der Waals surface area (Å²) in [4.78, 5) is 15.5. The first-order valence-corrected chi connectivity index (χ1v) is 8.35. The van der Waals surface area contributed by atoms with E-state index in [0.717, 1.165) is 0 Å². The van der Waals surface area contributed by atoms with Crippen LogP contribution in [-0.4, -0.2) is 62.0 Å². The van der Waals surface area contributed by atoms with Gasteiger partial charge < -0.3 is 30.2 Å². The van der Waals surface area contributed by atoms with E-state index in [-0.39, 0.29) is 18.5 Å². The van der Waals surface area contributed by atoms with Gasteiger partial charge in [-0.1, -0.05) is 6.92 Å². The maximum atomic E-state index is 11.6. The molecular weight excluding hydrogens is 344 g/mol. The van der Waals surface area contributed by atoms with Crippen molar-refractivity contribution in [3.05, 3.63) is 24.2 Å². The molecule has 0 aliphatic carbocycles. The third-order valence-corrected chi connectivity index (χ3v) is 4.40. The molecule has 26 heavy (non-hydrogen) atoms. The molecule has 0 unspecified atom stereocenters. The third kappa shape index (κ3) is 3.43. The number of nitrogen functional groups attached to an aromatic ring is 1. The number of aromatic nitrogens is 3. The number of aliphatic hydroxyl groups is 2. The fraction of sp³-hybridized carbons (Fsp3) is 0.562. The lowest BCUT2D eigenvalue weighted by Crippen LogP contribution is -2.34. The van der Waals surface area contributed by atoms with Gasteiger partial charge in [-0.2, -0.15) is 5.10 Å². The molecule has 10 heteroatoms. The summed E-state index contributed by atoms with van der Waals surface area (Å²) in [7, 11) is 0. The highest BCUT2D eigenvalue weighted by Crippen LogP contribution is 2.34. The minimum Gasteiger partial charge on any atom is -0.431 e. The van der Waals surface area contributed by atoms with Crippen molar-refractivity contribution in [3.8, 4) is 0 Å². The van der Waals surface area contributed by atoms with Crippen LogP contribution < -0.4 is 5.73 Å². The summed E-state index contributed by atoms with van der Waals surface area (Å²) in [6.45, 7) is 3.37. The van der Waals surface area contributed by atoms with Crippen molar-refractivity contribution in [2.45, 2.75) is 50.8 Å². The molecule has 1 aliphatic rings. The molecule has 0 spiro atoms. The van der Waals surface area contributed by atoms with Gasteiger partial charge in [-0.25, -0.2) is 14.3 Å². The molecular formula is C16H22N4O6. The quantitative estimate of drug-likeness (QED) is 0.642. The summed E-state index contributed by atoms with van der Waals surface area (Å²) < 4.78 is 17.2. The molecule has 4 N–H and O–H groups in total. The number of carbonyl (C=O) groups is 1. The van der Waals surface area contributed by atoms with Gasteiger partial charge in [-0.3, -0.25) is 0 Å². The van der Waals surface area contributed by atoms with E-state index >= 15 is 0 Å². The molecule has 0 radical (unpaired) electrons. The highest BCUT2D eigenvalue weighted by atomic mass is 16.7. The maximum absolute atomic E-state index is 11.6. The SMILES string of the molecule is CC[C@@H](C)OC(=O)OC[C@H]1O[C@@H](c2ccc3c(N)ncnn23)[C@H](O)[C@@H]1O. The van der Waals surface area contributed by atoms with Crippen molar-refractivity contribution in [1.29, 1.82) is 0 Å². The zero-order chi connectivity index (χ0) is 18.8. The predicted molar refractivity (Wildman–Crippen MR) is 89.2 cm³/mol. The number of aliphatic hydroxyl groups excluding tert-OH is 2. The highest BCUT2D eigenvalue weighted by Gasteiger charge is 2.45. The summed E-state index contributed by atoms with van der Waals surface area (Å²) in [5.74, 6) is 0.284. The molecule has 2 aromatic rings. The molecule has 142 valence electrons. The lowest BCUT2D eigenvalue weighted by molar-refractivity contribution is -0.0475. The molecule has 0 amide bonds. The average Bonchev–Trinajstić information content (AvgIpc) is 3.16. The molecule has 0 saturated carbocycles. The summed E-state index contributed by atoms with van der Waals surface area (Å²) in [5, 5.41) is 24.7. The molecule has 3 rings (SSSR count). The van der Waals surface area contributed by atoms with E-state index in [1.807, 2.05) is 6.92 Å². The lowest BCUT2D eigenvalue weighted by Gasteiger charge is -2.16. The first-order chi connectivity index (χ1) is 12.4. The van der Waals surface area contributed by atoms with Crippen LogP contribution >= 0.6 is 0 Å². The lowest BCUT2D eigenvalue weighted by atomic mass is 10.1. The van der Waals surface area contributed by atoms with Gasteiger partial charge in [-0.05, 0) is 25.5 Å². The molecule has 1 aliphatic heterocycles. The Hall–Kier alpha value is -2.43. The normalized spacial score (nSPS) is 26.8. The second-order valence-corrected chi connectivity index (χ2v) is 6.17. The predicted octanol–water partition coefficient (Wildman–Crippen LogP) is 0.425. The van der Waals surface area contributed by atoms with Gasteiger partial charge in [0, 0.05) is 0 Å². The van der Waals surface area contributed by atoms with Gasteiger partial charge in [0.2, 0.25) is 0 Å². The Kier molecular flexibility index (Phi) is 5.25. The number of rotatable bonds is 5. The van der Waals surface area contributed by atoms with Crippen LogP contribution in [0, 0.1) is 0 Å². The van der Waals surface area contributed by atoms with Gasteiger partial charge in [0.1, 0.15) is 49.0 Å². The standard InChI is InChI=1S/C16H22N4O6/c1-3-8(2)25-16(23)24-6-11-12(21)13(22)14(26-11)9-4-5-10-15(17)18-7-19-20(9)10/h4-5,7-8,11-14,21-22H,3,6H2,1-2H3,(H2,17,18,19)/t8-,11-,12-,13-,14+/m1/s1. The summed E-state index contributed by atoms with van der Waals surface area (Å²) in [6.07, 6.45) is -3.39. The van der Waals surface area contributed by atoms with Crippen molar-refractivity contribution in [2.24, 2.45) is 0 Å². The summed E-state index contributed by atoms with van der Waals surface area (Å²) >= 11 is 0. The fourth-order valence-corrected chi connectivity index (χ4v) is 2.75. The molecule has 3 heterocycles. The first-order valence-electron chi connectivity index (χ1n) is 8.35. The third-order valence-electron chi connectivity index (χ3n) is 4.40. The number of carbonyl (C=O) groups excluding carboxylic acids is 1. The van der Waals surface area contributed by atoms with Crippen LogP contribution in [0.2, 0.25) is 0 Å². The second-order valence-electron chi connectivity index (χ2n) is 6.17. The number of fused-ring (bicyclic) bond motifs is 1. The zero-order valence-corrected chi connectivity index (χ0v) is 14.5. The van der Waals surface area contributed by atoms with E-state index in [0.29, 0.717) is 17.6 Å². The Balaban J connectivity index is 1.69. The maximum Gasteiger partial charge on any atom is 0.508 e. The van der Waals surface area contributed by atoms with Crippen molar-refractivity contribution >= 4 is 17.5 Å². The summed E-state index contributed by atoms with van der Waals surface area (Å²) in [5.41, 5.74) is 6.86. The number of ether oxygens (including phenoxy) is 3. The van der Waals surface area contributed by atoms with Gasteiger partial charge in [0.15, 0.2) is 5.82 Å². The molecule has 5 atom stereocenters. The van der Waals surface area contributed by atoms with E-state index in [9.17, 15) is 15.0 Å². The number of hydrogen-bond acceptors (Lipinski definition) is 9. The monoisotopic (exact) mass is 366 g/mol. The van der Waals surface area contributed by atoms with Gasteiger partial charge >= 0.3 is 6.16 Å². The van der Waals surface area contributed by atoms with Gasteiger partial charge in [0.05, 0.1) is 5.69 Å². The van der Waals surface area contributed by atoms with Gasteiger partial charge in [0.25, 0.3) is 0 Å². The molecule has 0 aromatic carbocycles. The minimum absolute atomic E-state index is 0.246. The topological polar surface area (TPSA) is 141 Å².